The van der Waals surface area contributed by atoms with Crippen LogP contribution in [0.4, 0.5) is 0 Å². The quantitative estimate of drug-likeness (QED) is 0.674. The molecule has 0 aromatic heterocycles. The molecule has 60 valence electrons. The van der Waals surface area contributed by atoms with E-state index in [2.05, 4.69) is 0 Å². The molecule has 1 rings (SSSR count). The number of rotatable bonds is 2. The number of hydrogen-bond acceptors (Lipinski definition) is 1. The molecule has 1 N–H and O–H groups in total. The zero-order valence-electron chi connectivity index (χ0n) is 6.42. The van der Waals surface area contributed by atoms with Crippen molar-refractivity contribution in [2.24, 2.45) is 0 Å². The summed E-state index contributed by atoms with van der Waals surface area (Å²) in [7, 11) is 0. The summed E-state index contributed by atoms with van der Waals surface area (Å²) in [6.45, 7) is 2.03. The third-order valence-corrected chi connectivity index (χ3v) is 1.68. The minimum absolute atomic E-state index is 0.516. The Kier molecular flexibility index (Phi) is 2.92. The Morgan fingerprint density at radius 1 is 1.36 bits per heavy atom. The minimum Gasteiger partial charge on any atom is -0.377 e. The predicted molar refractivity (Wildman–Crippen MR) is 46.7 cm³/mol. The first-order valence-corrected chi connectivity index (χ1v) is 4.00. The largest absolute Gasteiger partial charge is 0.377 e. The molecule has 0 heterocycles. The van der Waals surface area contributed by atoms with Crippen molar-refractivity contribution in [2.45, 2.75) is 18.9 Å². The Morgan fingerprint density at radius 3 is 2.36 bits per heavy atom. The van der Waals surface area contributed by atoms with E-state index in [1.165, 1.54) is 5.56 Å². The van der Waals surface area contributed by atoms with E-state index in [1.807, 2.05) is 31.2 Å². The second kappa shape index (κ2) is 3.74. The molecule has 0 spiro atoms. The topological polar surface area (TPSA) is 20.2 Å². The maximum absolute atomic E-state index is 8.84. The molecule has 0 aliphatic heterocycles. The van der Waals surface area contributed by atoms with E-state index in [1.54, 1.807) is 0 Å². The molecule has 1 aromatic rings. The first-order valence-electron chi connectivity index (χ1n) is 3.56. The highest BCUT2D eigenvalue weighted by Crippen LogP contribution is 2.07. The van der Waals surface area contributed by atoms with Crippen LogP contribution in [-0.4, -0.2) is 10.7 Å². The highest BCUT2D eigenvalue weighted by Gasteiger charge is 1.98. The minimum atomic E-state index is -0.766. The van der Waals surface area contributed by atoms with Gasteiger partial charge in [0.1, 0.15) is 5.56 Å². The number of aryl methyl sites for hydroxylation is 1. The number of aliphatic hydroxyl groups is 1. The van der Waals surface area contributed by atoms with E-state index >= 15 is 0 Å². The van der Waals surface area contributed by atoms with Gasteiger partial charge in [-0.3, -0.25) is 0 Å². The van der Waals surface area contributed by atoms with Crippen molar-refractivity contribution < 1.29 is 5.11 Å². The van der Waals surface area contributed by atoms with Crippen molar-refractivity contribution in [1.29, 1.82) is 0 Å². The molecule has 0 radical (unpaired) electrons. The molecule has 1 unspecified atom stereocenters. The lowest BCUT2D eigenvalue weighted by Gasteiger charge is -2.01. The van der Waals surface area contributed by atoms with Crippen LogP contribution in [0.25, 0.3) is 0 Å². The molecule has 0 aliphatic carbocycles. The van der Waals surface area contributed by atoms with E-state index < -0.39 is 5.56 Å². The van der Waals surface area contributed by atoms with E-state index in [0.29, 0.717) is 6.42 Å². The van der Waals surface area contributed by atoms with Gasteiger partial charge in [-0.2, -0.15) is 0 Å². The number of benzene rings is 1. The third-order valence-electron chi connectivity index (χ3n) is 1.52. The molecular formula is C9H11ClO. The van der Waals surface area contributed by atoms with Crippen LogP contribution < -0.4 is 0 Å². The molecule has 2 heteroatoms. The average Bonchev–Trinajstić information content (AvgIpc) is 1.93. The van der Waals surface area contributed by atoms with E-state index in [4.69, 9.17) is 16.7 Å². The molecule has 0 aliphatic rings. The van der Waals surface area contributed by atoms with E-state index in [-0.39, 0.29) is 0 Å². The summed E-state index contributed by atoms with van der Waals surface area (Å²) in [6, 6.07) is 7.96. The lowest BCUT2D eigenvalue weighted by atomic mass is 10.1. The van der Waals surface area contributed by atoms with Crippen LogP contribution in [0.3, 0.4) is 0 Å². The Bertz CT molecular complexity index is 216. The van der Waals surface area contributed by atoms with Crippen molar-refractivity contribution in [2.75, 3.05) is 0 Å². The number of halogens is 1. The molecule has 0 saturated carbocycles. The van der Waals surface area contributed by atoms with Crippen molar-refractivity contribution in [3.63, 3.8) is 0 Å². The molecule has 0 saturated heterocycles. The van der Waals surface area contributed by atoms with Crippen LogP contribution >= 0.6 is 11.6 Å². The second-order valence-electron chi connectivity index (χ2n) is 2.62. The summed E-state index contributed by atoms with van der Waals surface area (Å²) in [5.74, 6) is 0. The summed E-state index contributed by atoms with van der Waals surface area (Å²) < 4.78 is 0. The summed E-state index contributed by atoms with van der Waals surface area (Å²) in [4.78, 5) is 0. The van der Waals surface area contributed by atoms with Crippen LogP contribution in [0.5, 0.6) is 0 Å². The lowest BCUT2D eigenvalue weighted by molar-refractivity contribution is 0.257. The van der Waals surface area contributed by atoms with Gasteiger partial charge in [0, 0.05) is 6.42 Å². The first kappa shape index (κ1) is 8.57. The monoisotopic (exact) mass is 170 g/mol. The smallest absolute Gasteiger partial charge is 0.132 e. The summed E-state index contributed by atoms with van der Waals surface area (Å²) in [6.07, 6.45) is 0.516. The van der Waals surface area contributed by atoms with Crippen molar-refractivity contribution in [3.05, 3.63) is 35.4 Å². The summed E-state index contributed by atoms with van der Waals surface area (Å²) in [5, 5.41) is 8.84. The normalized spacial score (nSPS) is 13.0. The molecule has 1 atom stereocenters. The van der Waals surface area contributed by atoms with Gasteiger partial charge in [-0.25, -0.2) is 0 Å². The maximum Gasteiger partial charge on any atom is 0.132 e. The van der Waals surface area contributed by atoms with Crippen molar-refractivity contribution in [3.8, 4) is 0 Å². The van der Waals surface area contributed by atoms with Crippen molar-refractivity contribution >= 4 is 11.6 Å². The van der Waals surface area contributed by atoms with Gasteiger partial charge in [0.25, 0.3) is 0 Å². The van der Waals surface area contributed by atoms with E-state index in [9.17, 15) is 0 Å². The van der Waals surface area contributed by atoms with E-state index in [0.717, 1.165) is 5.56 Å². The molecule has 11 heavy (non-hydrogen) atoms. The Labute approximate surface area is 71.6 Å². The molecule has 1 nitrogen and oxygen atoms in total. The average molecular weight is 171 g/mol. The van der Waals surface area contributed by atoms with Gasteiger partial charge >= 0.3 is 0 Å². The number of aliphatic hydroxyl groups excluding tert-OH is 1. The molecule has 0 bridgehead atoms. The highest BCUT2D eigenvalue weighted by atomic mass is 35.5. The predicted octanol–water partition coefficient (Wildman–Crippen LogP) is 2.09. The highest BCUT2D eigenvalue weighted by molar-refractivity contribution is 6.19. The zero-order valence-corrected chi connectivity index (χ0v) is 7.17. The first-order chi connectivity index (χ1) is 5.18. The fraction of sp³-hybridized carbons (Fsp3) is 0.333. The Morgan fingerprint density at radius 2 is 1.91 bits per heavy atom. The number of hydrogen-bond donors (Lipinski definition) is 1. The van der Waals surface area contributed by atoms with Crippen LogP contribution in [0.1, 0.15) is 11.1 Å². The van der Waals surface area contributed by atoms with Crippen LogP contribution in [0, 0.1) is 6.92 Å². The standard InChI is InChI=1S/C9H11ClO/c1-7-2-4-8(5-3-7)6-9(10)11/h2-5,9,11H,6H2,1H3. The molecule has 0 fully saturated rings. The van der Waals surface area contributed by atoms with Gasteiger partial charge < -0.3 is 5.11 Å². The van der Waals surface area contributed by atoms with Crippen LogP contribution in [0.15, 0.2) is 24.3 Å². The fourth-order valence-electron chi connectivity index (χ4n) is 0.919. The van der Waals surface area contributed by atoms with Crippen LogP contribution in [-0.2, 0) is 6.42 Å². The van der Waals surface area contributed by atoms with Gasteiger partial charge in [0.2, 0.25) is 0 Å². The van der Waals surface area contributed by atoms with Gasteiger partial charge in [0.15, 0.2) is 0 Å². The van der Waals surface area contributed by atoms with Crippen LogP contribution in [0.2, 0.25) is 0 Å². The molecule has 1 aromatic carbocycles. The fourth-order valence-corrected chi connectivity index (χ4v) is 1.10. The Balaban J connectivity index is 2.66. The molecule has 0 amide bonds. The second-order valence-corrected chi connectivity index (χ2v) is 3.13. The zero-order chi connectivity index (χ0) is 8.27. The molecular weight excluding hydrogens is 160 g/mol. The summed E-state index contributed by atoms with van der Waals surface area (Å²) >= 11 is 5.41. The van der Waals surface area contributed by atoms with Gasteiger partial charge in [-0.15, -0.1) is 0 Å². The van der Waals surface area contributed by atoms with Gasteiger partial charge in [-0.1, -0.05) is 41.4 Å². The van der Waals surface area contributed by atoms with Gasteiger partial charge in [-0.05, 0) is 12.5 Å². The SMILES string of the molecule is Cc1ccc(CC(O)Cl)cc1. The maximum atomic E-state index is 8.84. The summed E-state index contributed by atoms with van der Waals surface area (Å²) in [5.41, 5.74) is 1.52. The third kappa shape index (κ3) is 2.91. The number of alkyl halides is 1. The Hall–Kier alpha value is -0.530. The lowest BCUT2D eigenvalue weighted by Crippen LogP contribution is -2.00. The van der Waals surface area contributed by atoms with Gasteiger partial charge in [0.05, 0.1) is 0 Å². The van der Waals surface area contributed by atoms with Crippen molar-refractivity contribution in [1.82, 2.24) is 0 Å².